The number of hydrogen-bond donors (Lipinski definition) is 0. The van der Waals surface area contributed by atoms with E-state index in [2.05, 4.69) is 19.6 Å². The first-order valence-corrected chi connectivity index (χ1v) is 6.63. The van der Waals surface area contributed by atoms with Gasteiger partial charge in [-0.05, 0) is 25.5 Å². The number of Topliss-reactive ketones (excluding diaryl/α,β-unsaturated/α-hetero) is 1. The van der Waals surface area contributed by atoms with E-state index in [-0.39, 0.29) is 23.2 Å². The molecule has 0 bridgehead atoms. The SMILES string of the molecule is C=CCC(C)(/C=C\C)/C=C1\OC2C=CC=CC2C1=O. The molecule has 0 aromatic carbocycles. The summed E-state index contributed by atoms with van der Waals surface area (Å²) in [6.07, 6.45) is 16.2. The average Bonchev–Trinajstić information content (AvgIpc) is 2.67. The van der Waals surface area contributed by atoms with Gasteiger partial charge in [0.25, 0.3) is 0 Å². The van der Waals surface area contributed by atoms with Crippen LogP contribution in [-0.2, 0) is 9.53 Å². The van der Waals surface area contributed by atoms with Crippen LogP contribution in [-0.4, -0.2) is 11.9 Å². The summed E-state index contributed by atoms with van der Waals surface area (Å²) in [6, 6.07) is 0. The first-order valence-electron chi connectivity index (χ1n) is 6.63. The second-order valence-electron chi connectivity index (χ2n) is 5.25. The van der Waals surface area contributed by atoms with Gasteiger partial charge >= 0.3 is 0 Å². The molecule has 19 heavy (non-hydrogen) atoms. The van der Waals surface area contributed by atoms with E-state index in [1.807, 2.05) is 49.5 Å². The van der Waals surface area contributed by atoms with Gasteiger partial charge in [0.2, 0.25) is 5.78 Å². The van der Waals surface area contributed by atoms with Crippen LogP contribution in [0.15, 0.2) is 60.9 Å². The molecule has 0 N–H and O–H groups in total. The summed E-state index contributed by atoms with van der Waals surface area (Å²) in [6.45, 7) is 7.83. The number of fused-ring (bicyclic) bond motifs is 1. The zero-order valence-corrected chi connectivity index (χ0v) is 11.5. The minimum atomic E-state index is -0.220. The zero-order chi connectivity index (χ0) is 13.9. The summed E-state index contributed by atoms with van der Waals surface area (Å²) in [4.78, 5) is 12.3. The number of rotatable bonds is 4. The summed E-state index contributed by atoms with van der Waals surface area (Å²) in [5.74, 6) is 0.397. The lowest BCUT2D eigenvalue weighted by Crippen LogP contribution is -2.17. The number of carbonyl (C=O) groups is 1. The molecule has 1 aliphatic heterocycles. The fourth-order valence-electron chi connectivity index (χ4n) is 2.58. The van der Waals surface area contributed by atoms with Gasteiger partial charge in [0.15, 0.2) is 5.76 Å². The first kappa shape index (κ1) is 13.6. The van der Waals surface area contributed by atoms with Gasteiger partial charge in [-0.25, -0.2) is 0 Å². The molecule has 1 fully saturated rings. The van der Waals surface area contributed by atoms with Gasteiger partial charge in [0.05, 0.1) is 5.92 Å². The van der Waals surface area contributed by atoms with E-state index in [9.17, 15) is 4.79 Å². The first-order chi connectivity index (χ1) is 9.09. The molecule has 100 valence electrons. The molecule has 0 aromatic heterocycles. The minimum absolute atomic E-state index is 0.0744. The summed E-state index contributed by atoms with van der Waals surface area (Å²) >= 11 is 0. The Balaban J connectivity index is 2.28. The van der Waals surface area contributed by atoms with Gasteiger partial charge in [0.1, 0.15) is 6.10 Å². The van der Waals surface area contributed by atoms with Crippen molar-refractivity contribution < 1.29 is 9.53 Å². The predicted molar refractivity (Wildman–Crippen MR) is 77.5 cm³/mol. The Morgan fingerprint density at radius 2 is 2.16 bits per heavy atom. The molecule has 0 spiro atoms. The minimum Gasteiger partial charge on any atom is -0.482 e. The molecule has 1 aliphatic carbocycles. The van der Waals surface area contributed by atoms with Gasteiger partial charge in [-0.2, -0.15) is 0 Å². The highest BCUT2D eigenvalue weighted by molar-refractivity contribution is 5.99. The second kappa shape index (κ2) is 5.43. The lowest BCUT2D eigenvalue weighted by atomic mass is 9.84. The van der Waals surface area contributed by atoms with Crippen LogP contribution >= 0.6 is 0 Å². The number of hydrogen-bond acceptors (Lipinski definition) is 2. The van der Waals surface area contributed by atoms with Crippen LogP contribution in [0.4, 0.5) is 0 Å². The summed E-state index contributed by atoms with van der Waals surface area (Å²) in [5, 5.41) is 0. The fraction of sp³-hybridized carbons (Fsp3) is 0.353. The topological polar surface area (TPSA) is 26.3 Å². The van der Waals surface area contributed by atoms with Crippen LogP contribution in [0.25, 0.3) is 0 Å². The monoisotopic (exact) mass is 256 g/mol. The lowest BCUT2D eigenvalue weighted by Gasteiger charge is -2.20. The smallest absolute Gasteiger partial charge is 0.207 e. The third kappa shape index (κ3) is 2.78. The molecule has 1 saturated heterocycles. The van der Waals surface area contributed by atoms with Gasteiger partial charge in [-0.3, -0.25) is 4.79 Å². The molecule has 0 aromatic rings. The van der Waals surface area contributed by atoms with Crippen molar-refractivity contribution in [2.75, 3.05) is 0 Å². The standard InChI is InChI=1S/C17H20O2/c1-4-10-17(3,11-5-2)12-15-16(18)13-8-6-7-9-14(13)19-15/h4-9,11-14H,1,10H2,2-3H3/b11-5-,15-12-. The Kier molecular flexibility index (Phi) is 3.89. The molecule has 0 amide bonds. The van der Waals surface area contributed by atoms with Gasteiger partial charge in [-0.15, -0.1) is 6.58 Å². The molecule has 2 rings (SSSR count). The molecule has 0 radical (unpaired) electrons. The quantitative estimate of drug-likeness (QED) is 0.566. The highest BCUT2D eigenvalue weighted by atomic mass is 16.5. The Bertz CT molecular complexity index is 493. The highest BCUT2D eigenvalue weighted by Gasteiger charge is 2.39. The van der Waals surface area contributed by atoms with Gasteiger partial charge in [0, 0.05) is 5.41 Å². The van der Waals surface area contributed by atoms with E-state index >= 15 is 0 Å². The summed E-state index contributed by atoms with van der Waals surface area (Å²) in [7, 11) is 0. The average molecular weight is 256 g/mol. The van der Waals surface area contributed by atoms with Crippen molar-refractivity contribution in [1.82, 2.24) is 0 Å². The normalized spacial score (nSPS) is 30.4. The van der Waals surface area contributed by atoms with Crippen molar-refractivity contribution in [3.63, 3.8) is 0 Å². The number of carbonyl (C=O) groups excluding carboxylic acids is 1. The van der Waals surface area contributed by atoms with Crippen LogP contribution in [0.3, 0.4) is 0 Å². The molecular weight excluding hydrogens is 236 g/mol. The van der Waals surface area contributed by atoms with Crippen LogP contribution < -0.4 is 0 Å². The number of ketones is 1. The van der Waals surface area contributed by atoms with Crippen molar-refractivity contribution >= 4 is 5.78 Å². The van der Waals surface area contributed by atoms with Crippen molar-refractivity contribution in [2.24, 2.45) is 11.3 Å². The number of ether oxygens (including phenoxy) is 1. The predicted octanol–water partition coefficient (Wildman–Crippen LogP) is 3.74. The lowest BCUT2D eigenvalue weighted by molar-refractivity contribution is -0.117. The molecule has 2 heteroatoms. The maximum Gasteiger partial charge on any atom is 0.207 e. The van der Waals surface area contributed by atoms with Crippen LogP contribution in [0.1, 0.15) is 20.3 Å². The van der Waals surface area contributed by atoms with E-state index in [1.165, 1.54) is 0 Å². The maximum absolute atomic E-state index is 12.3. The summed E-state index contributed by atoms with van der Waals surface area (Å²) < 4.78 is 5.77. The Hall–Kier alpha value is -1.83. The number of allylic oxidation sites excluding steroid dienone is 7. The molecule has 0 saturated carbocycles. The molecular formula is C17H20O2. The van der Waals surface area contributed by atoms with Gasteiger partial charge in [-0.1, -0.05) is 43.4 Å². The van der Waals surface area contributed by atoms with E-state index in [1.54, 1.807) is 0 Å². The summed E-state index contributed by atoms with van der Waals surface area (Å²) in [5.41, 5.74) is -0.220. The van der Waals surface area contributed by atoms with Crippen molar-refractivity contribution in [3.8, 4) is 0 Å². The Morgan fingerprint density at radius 1 is 1.42 bits per heavy atom. The van der Waals surface area contributed by atoms with E-state index < -0.39 is 0 Å². The van der Waals surface area contributed by atoms with Crippen LogP contribution in [0.5, 0.6) is 0 Å². The molecule has 2 nitrogen and oxygen atoms in total. The highest BCUT2D eigenvalue weighted by Crippen LogP contribution is 2.35. The maximum atomic E-state index is 12.3. The van der Waals surface area contributed by atoms with E-state index in [4.69, 9.17) is 4.74 Å². The Morgan fingerprint density at radius 3 is 2.79 bits per heavy atom. The largest absolute Gasteiger partial charge is 0.482 e. The van der Waals surface area contributed by atoms with E-state index in [0.29, 0.717) is 5.76 Å². The Labute approximate surface area is 114 Å². The molecule has 1 heterocycles. The van der Waals surface area contributed by atoms with Crippen molar-refractivity contribution in [3.05, 3.63) is 60.9 Å². The van der Waals surface area contributed by atoms with Crippen molar-refractivity contribution in [2.45, 2.75) is 26.4 Å². The van der Waals surface area contributed by atoms with Gasteiger partial charge < -0.3 is 4.74 Å². The second-order valence-corrected chi connectivity index (χ2v) is 5.25. The van der Waals surface area contributed by atoms with Crippen LogP contribution in [0.2, 0.25) is 0 Å². The fourth-order valence-corrected chi connectivity index (χ4v) is 2.58. The molecule has 3 atom stereocenters. The van der Waals surface area contributed by atoms with E-state index in [0.717, 1.165) is 6.42 Å². The zero-order valence-electron chi connectivity index (χ0n) is 11.5. The third-order valence-electron chi connectivity index (χ3n) is 3.49. The molecule has 3 unspecified atom stereocenters. The van der Waals surface area contributed by atoms with Crippen LogP contribution in [0, 0.1) is 11.3 Å². The van der Waals surface area contributed by atoms with Crippen molar-refractivity contribution in [1.29, 1.82) is 0 Å². The molecule has 2 aliphatic rings. The third-order valence-corrected chi connectivity index (χ3v) is 3.49.